The van der Waals surface area contributed by atoms with E-state index in [9.17, 15) is 18.0 Å². The molecular formula is C11H13F3N2O3. The molecule has 1 aromatic rings. The minimum Gasteiger partial charge on any atom is -0.444 e. The zero-order valence-corrected chi connectivity index (χ0v) is 10.5. The Labute approximate surface area is 107 Å². The van der Waals surface area contributed by atoms with Crippen molar-refractivity contribution >= 4 is 11.8 Å². The summed E-state index contributed by atoms with van der Waals surface area (Å²) in [4.78, 5) is 14.8. The Morgan fingerprint density at radius 2 is 1.89 bits per heavy atom. The SMILES string of the molecule is CC(C)(C)OC(=O)Nc1ccc(OC(F)(F)F)nc1. The lowest BCUT2D eigenvalue weighted by Crippen LogP contribution is -2.27. The predicted molar refractivity (Wildman–Crippen MR) is 60.8 cm³/mol. The van der Waals surface area contributed by atoms with E-state index in [-0.39, 0.29) is 5.69 Å². The zero-order chi connectivity index (χ0) is 14.7. The first-order valence-electron chi connectivity index (χ1n) is 5.27. The van der Waals surface area contributed by atoms with Crippen molar-refractivity contribution in [2.75, 3.05) is 5.32 Å². The van der Waals surface area contributed by atoms with E-state index < -0.39 is 23.9 Å². The molecule has 1 N–H and O–H groups in total. The topological polar surface area (TPSA) is 60.5 Å². The van der Waals surface area contributed by atoms with Crippen LogP contribution in [0.15, 0.2) is 18.3 Å². The van der Waals surface area contributed by atoms with Gasteiger partial charge in [0.15, 0.2) is 0 Å². The molecule has 1 rings (SSSR count). The molecule has 0 fully saturated rings. The third kappa shape index (κ3) is 6.49. The first kappa shape index (κ1) is 15.1. The van der Waals surface area contributed by atoms with E-state index in [1.165, 1.54) is 6.07 Å². The van der Waals surface area contributed by atoms with Crippen LogP contribution in [0.4, 0.5) is 23.7 Å². The van der Waals surface area contributed by atoms with Crippen LogP contribution in [0.3, 0.4) is 0 Å². The van der Waals surface area contributed by atoms with Crippen LogP contribution >= 0.6 is 0 Å². The highest BCUT2D eigenvalue weighted by Crippen LogP contribution is 2.21. The lowest BCUT2D eigenvalue weighted by atomic mass is 10.2. The van der Waals surface area contributed by atoms with Gasteiger partial charge in [0.25, 0.3) is 0 Å². The lowest BCUT2D eigenvalue weighted by molar-refractivity contribution is -0.276. The van der Waals surface area contributed by atoms with Crippen LogP contribution in [-0.2, 0) is 4.74 Å². The Morgan fingerprint density at radius 3 is 2.32 bits per heavy atom. The van der Waals surface area contributed by atoms with E-state index >= 15 is 0 Å². The van der Waals surface area contributed by atoms with Gasteiger partial charge in [-0.3, -0.25) is 5.32 Å². The maximum atomic E-state index is 11.9. The number of aromatic nitrogens is 1. The molecule has 0 aromatic carbocycles. The number of pyridine rings is 1. The second-order valence-corrected chi connectivity index (χ2v) is 4.56. The summed E-state index contributed by atoms with van der Waals surface area (Å²) >= 11 is 0. The van der Waals surface area contributed by atoms with Crippen molar-refractivity contribution in [3.63, 3.8) is 0 Å². The number of ether oxygens (including phenoxy) is 2. The average Bonchev–Trinajstić information content (AvgIpc) is 2.15. The van der Waals surface area contributed by atoms with Gasteiger partial charge in [-0.2, -0.15) is 0 Å². The van der Waals surface area contributed by atoms with Gasteiger partial charge in [0.2, 0.25) is 5.88 Å². The molecule has 1 heterocycles. The Morgan fingerprint density at radius 1 is 1.26 bits per heavy atom. The van der Waals surface area contributed by atoms with Crippen molar-refractivity contribution < 1.29 is 27.4 Å². The van der Waals surface area contributed by atoms with E-state index in [1.54, 1.807) is 20.8 Å². The molecular weight excluding hydrogens is 265 g/mol. The fraction of sp³-hybridized carbons (Fsp3) is 0.455. The molecule has 0 saturated heterocycles. The van der Waals surface area contributed by atoms with E-state index in [4.69, 9.17) is 4.74 Å². The second-order valence-electron chi connectivity index (χ2n) is 4.56. The summed E-state index contributed by atoms with van der Waals surface area (Å²) < 4.78 is 44.2. The zero-order valence-electron chi connectivity index (χ0n) is 10.5. The number of halogens is 3. The maximum Gasteiger partial charge on any atom is 0.574 e. The van der Waals surface area contributed by atoms with Crippen molar-refractivity contribution in [1.82, 2.24) is 4.98 Å². The molecule has 0 aliphatic rings. The lowest BCUT2D eigenvalue weighted by Gasteiger charge is -2.19. The molecule has 0 spiro atoms. The monoisotopic (exact) mass is 278 g/mol. The molecule has 0 radical (unpaired) electrons. The summed E-state index contributed by atoms with van der Waals surface area (Å²) in [6.45, 7) is 5.06. The molecule has 0 aliphatic carbocycles. The number of carbonyl (C=O) groups excluding carboxylic acids is 1. The van der Waals surface area contributed by atoms with Crippen molar-refractivity contribution in [3.05, 3.63) is 18.3 Å². The van der Waals surface area contributed by atoms with E-state index in [1.807, 2.05) is 0 Å². The van der Waals surface area contributed by atoms with Crippen molar-refractivity contribution in [2.24, 2.45) is 0 Å². The number of anilines is 1. The highest BCUT2D eigenvalue weighted by atomic mass is 19.4. The first-order chi connectivity index (χ1) is 8.55. The third-order valence-corrected chi connectivity index (χ3v) is 1.60. The van der Waals surface area contributed by atoms with Gasteiger partial charge in [-0.25, -0.2) is 9.78 Å². The Balaban J connectivity index is 2.60. The second kappa shape index (κ2) is 5.33. The number of rotatable bonds is 2. The molecule has 8 heteroatoms. The Kier molecular flexibility index (Phi) is 4.23. The summed E-state index contributed by atoms with van der Waals surface area (Å²) in [5, 5.41) is 2.33. The summed E-state index contributed by atoms with van der Waals surface area (Å²) in [5.74, 6) is -0.609. The molecule has 0 unspecified atom stereocenters. The van der Waals surface area contributed by atoms with Crippen molar-refractivity contribution in [3.8, 4) is 5.88 Å². The van der Waals surface area contributed by atoms with Gasteiger partial charge in [0.05, 0.1) is 11.9 Å². The molecule has 1 amide bonds. The molecule has 106 valence electrons. The Hall–Kier alpha value is -1.99. The highest BCUT2D eigenvalue weighted by Gasteiger charge is 2.31. The number of nitrogens with one attached hydrogen (secondary N) is 1. The number of nitrogens with zero attached hydrogens (tertiary/aromatic N) is 1. The van der Waals surface area contributed by atoms with E-state index in [0.29, 0.717) is 0 Å². The fourth-order valence-corrected chi connectivity index (χ4v) is 1.05. The molecule has 0 atom stereocenters. The number of carbonyl (C=O) groups is 1. The van der Waals surface area contributed by atoms with Gasteiger partial charge in [0, 0.05) is 6.07 Å². The van der Waals surface area contributed by atoms with Crippen molar-refractivity contribution in [2.45, 2.75) is 32.7 Å². The molecule has 0 saturated carbocycles. The average molecular weight is 278 g/mol. The maximum absolute atomic E-state index is 11.9. The van der Waals surface area contributed by atoms with E-state index in [2.05, 4.69) is 15.0 Å². The van der Waals surface area contributed by atoms with Crippen LogP contribution in [0.1, 0.15) is 20.8 Å². The molecule has 1 aromatic heterocycles. The van der Waals surface area contributed by atoms with Crippen LogP contribution in [0.5, 0.6) is 5.88 Å². The fourth-order valence-electron chi connectivity index (χ4n) is 1.05. The van der Waals surface area contributed by atoms with Gasteiger partial charge in [-0.1, -0.05) is 0 Å². The standard InChI is InChI=1S/C11H13F3N2O3/c1-10(2,3)19-9(17)16-7-4-5-8(15-6-7)18-11(12,13)14/h4-6H,1-3H3,(H,16,17). The third-order valence-electron chi connectivity index (χ3n) is 1.60. The predicted octanol–water partition coefficient (Wildman–Crippen LogP) is 3.33. The van der Waals surface area contributed by atoms with Crippen molar-refractivity contribution in [1.29, 1.82) is 0 Å². The van der Waals surface area contributed by atoms with Gasteiger partial charge in [-0.15, -0.1) is 13.2 Å². The van der Waals surface area contributed by atoms with Crippen LogP contribution in [-0.4, -0.2) is 23.0 Å². The molecule has 19 heavy (non-hydrogen) atoms. The molecule has 0 aliphatic heterocycles. The van der Waals surface area contributed by atoms with Crippen LogP contribution in [0.25, 0.3) is 0 Å². The highest BCUT2D eigenvalue weighted by molar-refractivity contribution is 5.84. The largest absolute Gasteiger partial charge is 0.574 e. The summed E-state index contributed by atoms with van der Waals surface area (Å²) in [6, 6.07) is 2.21. The summed E-state index contributed by atoms with van der Waals surface area (Å²) in [5.41, 5.74) is -0.472. The van der Waals surface area contributed by atoms with Gasteiger partial charge < -0.3 is 9.47 Å². The summed E-state index contributed by atoms with van der Waals surface area (Å²) in [7, 11) is 0. The summed E-state index contributed by atoms with van der Waals surface area (Å²) in [6.07, 6.45) is -4.49. The first-order valence-corrected chi connectivity index (χ1v) is 5.27. The van der Waals surface area contributed by atoms with Crippen LogP contribution in [0.2, 0.25) is 0 Å². The molecule has 5 nitrogen and oxygen atoms in total. The Bertz CT molecular complexity index is 438. The minimum absolute atomic E-state index is 0.198. The van der Waals surface area contributed by atoms with Gasteiger partial charge in [-0.05, 0) is 26.8 Å². The van der Waals surface area contributed by atoms with Crippen LogP contribution < -0.4 is 10.1 Å². The number of hydrogen-bond donors (Lipinski definition) is 1. The smallest absolute Gasteiger partial charge is 0.444 e. The normalized spacial score (nSPS) is 11.9. The minimum atomic E-state index is -4.80. The van der Waals surface area contributed by atoms with Gasteiger partial charge >= 0.3 is 12.5 Å². The van der Waals surface area contributed by atoms with Crippen LogP contribution in [0, 0.1) is 0 Å². The number of amides is 1. The number of alkyl halides is 3. The molecule has 0 bridgehead atoms. The van der Waals surface area contributed by atoms with E-state index in [0.717, 1.165) is 12.3 Å². The quantitative estimate of drug-likeness (QED) is 0.901. The number of hydrogen-bond acceptors (Lipinski definition) is 4. The van der Waals surface area contributed by atoms with Gasteiger partial charge in [0.1, 0.15) is 5.60 Å².